The highest BCUT2D eigenvalue weighted by molar-refractivity contribution is 6.22. The molecule has 26 heavy (non-hydrogen) atoms. The number of hydrogen-bond donors (Lipinski definition) is 0. The molecule has 0 bridgehead atoms. The number of ether oxygens (including phenoxy) is 4. The van der Waals surface area contributed by atoms with Crippen molar-refractivity contribution in [1.29, 1.82) is 0 Å². The molecule has 8 nitrogen and oxygen atoms in total. The molecule has 0 saturated heterocycles. The van der Waals surface area contributed by atoms with E-state index in [1.165, 1.54) is 28.4 Å². The van der Waals surface area contributed by atoms with Crippen molar-refractivity contribution in [3.63, 3.8) is 0 Å². The highest BCUT2D eigenvalue weighted by atomic mass is 16.5. The predicted molar refractivity (Wildman–Crippen MR) is 87.5 cm³/mol. The Morgan fingerprint density at radius 3 is 1.23 bits per heavy atom. The molecule has 0 unspecified atom stereocenters. The normalized spacial score (nSPS) is 18.0. The molecule has 0 saturated carbocycles. The first kappa shape index (κ1) is 19.2. The first-order valence-electron chi connectivity index (χ1n) is 7.63. The third-order valence-corrected chi connectivity index (χ3v) is 3.99. The first-order chi connectivity index (χ1) is 12.4. The second-order valence-electron chi connectivity index (χ2n) is 5.34. The zero-order valence-electron chi connectivity index (χ0n) is 14.8. The molecule has 138 valence electrons. The molecule has 0 fully saturated rings. The zero-order valence-corrected chi connectivity index (χ0v) is 14.8. The lowest BCUT2D eigenvalue weighted by Gasteiger charge is -2.20. The van der Waals surface area contributed by atoms with Gasteiger partial charge in [0.05, 0.1) is 28.4 Å². The monoisotopic (exact) mass is 362 g/mol. The maximum absolute atomic E-state index is 12.4. The van der Waals surface area contributed by atoms with Crippen LogP contribution < -0.4 is 0 Å². The number of hydrogen-bond acceptors (Lipinski definition) is 8. The average Bonchev–Trinajstić information content (AvgIpc) is 2.63. The summed E-state index contributed by atoms with van der Waals surface area (Å²) in [6.07, 6.45) is 2.05. The van der Waals surface area contributed by atoms with Crippen LogP contribution in [0.5, 0.6) is 0 Å². The molecule has 0 aromatic rings. The van der Waals surface area contributed by atoms with E-state index in [4.69, 9.17) is 18.9 Å². The van der Waals surface area contributed by atoms with E-state index in [1.807, 2.05) is 0 Å². The van der Waals surface area contributed by atoms with Crippen molar-refractivity contribution in [1.82, 2.24) is 0 Å². The maximum Gasteiger partial charge on any atom is 0.227 e. The number of rotatable bonds is 7. The summed E-state index contributed by atoms with van der Waals surface area (Å²) in [5.41, 5.74) is 0.127. The Morgan fingerprint density at radius 1 is 0.615 bits per heavy atom. The highest BCUT2D eigenvalue weighted by Gasteiger charge is 2.34. The van der Waals surface area contributed by atoms with Crippen molar-refractivity contribution < 1.29 is 38.1 Å². The van der Waals surface area contributed by atoms with Gasteiger partial charge in [-0.25, -0.2) is 0 Å². The quantitative estimate of drug-likeness (QED) is 0.616. The van der Waals surface area contributed by atoms with Gasteiger partial charge in [0.1, 0.15) is 0 Å². The Bertz CT molecular complexity index is 739. The number of carbonyl (C=O) groups is 4. The molecule has 2 aliphatic rings. The van der Waals surface area contributed by atoms with Crippen molar-refractivity contribution in [2.75, 3.05) is 28.4 Å². The van der Waals surface area contributed by atoms with Crippen molar-refractivity contribution in [2.45, 2.75) is 12.8 Å². The fourth-order valence-electron chi connectivity index (χ4n) is 2.76. The lowest BCUT2D eigenvalue weighted by atomic mass is 9.90. The minimum absolute atomic E-state index is 0.0212. The van der Waals surface area contributed by atoms with Crippen molar-refractivity contribution >= 4 is 23.1 Å². The van der Waals surface area contributed by atoms with Gasteiger partial charge in [-0.1, -0.05) is 0 Å². The summed E-state index contributed by atoms with van der Waals surface area (Å²) in [6.45, 7) is 0. The van der Waals surface area contributed by atoms with Crippen LogP contribution >= 0.6 is 0 Å². The van der Waals surface area contributed by atoms with Gasteiger partial charge in [0.25, 0.3) is 0 Å². The summed E-state index contributed by atoms with van der Waals surface area (Å²) < 4.78 is 19.9. The van der Waals surface area contributed by atoms with Gasteiger partial charge in [0.15, 0.2) is 23.0 Å². The molecule has 2 rings (SSSR count). The van der Waals surface area contributed by atoms with Crippen LogP contribution in [-0.4, -0.2) is 51.6 Å². The van der Waals surface area contributed by atoms with Crippen molar-refractivity contribution in [3.8, 4) is 0 Å². The van der Waals surface area contributed by atoms with Crippen LogP contribution in [0.4, 0.5) is 0 Å². The van der Waals surface area contributed by atoms with E-state index in [2.05, 4.69) is 0 Å². The predicted octanol–water partition coefficient (Wildman–Crippen LogP) is 0.932. The Kier molecular flexibility index (Phi) is 5.76. The SMILES string of the molecule is COC1=CC(=O)C(OC)=C(CCC2=C(OC)C(=O)C=C(OC)C2=O)C1=O. The lowest BCUT2D eigenvalue weighted by Crippen LogP contribution is -2.24. The van der Waals surface area contributed by atoms with Crippen LogP contribution in [-0.2, 0) is 38.1 Å². The third-order valence-electron chi connectivity index (χ3n) is 3.99. The summed E-state index contributed by atoms with van der Waals surface area (Å²) in [4.78, 5) is 49.0. The molecule has 0 N–H and O–H groups in total. The van der Waals surface area contributed by atoms with Gasteiger partial charge in [0.2, 0.25) is 23.1 Å². The topological polar surface area (TPSA) is 105 Å². The second kappa shape index (κ2) is 7.81. The fraction of sp³-hybridized carbons (Fsp3) is 0.333. The van der Waals surface area contributed by atoms with Gasteiger partial charge < -0.3 is 18.9 Å². The molecule has 0 radical (unpaired) electrons. The molecular formula is C18H18O8. The zero-order chi connectivity index (χ0) is 19.4. The standard InChI is InChI=1S/C18H18O8/c1-23-13-7-11(19)17(25-3)9(15(13)21)5-6-10-16(22)14(24-2)8-12(20)18(10)26-4/h7-8H,5-6H2,1-4H3. The maximum atomic E-state index is 12.4. The number of ketones is 4. The molecule has 2 aliphatic carbocycles. The molecule has 0 aliphatic heterocycles. The van der Waals surface area contributed by atoms with E-state index in [-0.39, 0.29) is 47.0 Å². The van der Waals surface area contributed by atoms with Crippen molar-refractivity contribution in [3.05, 3.63) is 46.3 Å². The minimum atomic E-state index is -0.513. The Hall–Kier alpha value is -3.16. The number of carbonyl (C=O) groups excluding carboxylic acids is 4. The Morgan fingerprint density at radius 2 is 0.962 bits per heavy atom. The highest BCUT2D eigenvalue weighted by Crippen LogP contribution is 2.29. The van der Waals surface area contributed by atoms with Crippen LogP contribution in [0, 0.1) is 0 Å². The Balaban J connectivity index is 2.36. The van der Waals surface area contributed by atoms with Gasteiger partial charge in [-0.3, -0.25) is 19.2 Å². The molecule has 0 aromatic carbocycles. The van der Waals surface area contributed by atoms with Crippen LogP contribution in [0.25, 0.3) is 0 Å². The van der Waals surface area contributed by atoms with Crippen molar-refractivity contribution in [2.24, 2.45) is 0 Å². The van der Waals surface area contributed by atoms with Crippen LogP contribution in [0.15, 0.2) is 46.3 Å². The summed E-state index contributed by atoms with van der Waals surface area (Å²) in [5.74, 6) is -2.52. The average molecular weight is 362 g/mol. The number of Topliss-reactive ketones (excluding diaryl/α,β-unsaturated/α-hetero) is 2. The summed E-state index contributed by atoms with van der Waals surface area (Å²) >= 11 is 0. The second-order valence-corrected chi connectivity index (χ2v) is 5.34. The molecule has 0 spiro atoms. The van der Waals surface area contributed by atoms with E-state index in [1.54, 1.807) is 0 Å². The summed E-state index contributed by atoms with van der Waals surface area (Å²) in [6, 6.07) is 0. The molecule has 0 amide bonds. The van der Waals surface area contributed by atoms with E-state index >= 15 is 0 Å². The van der Waals surface area contributed by atoms with Crippen LogP contribution in [0.3, 0.4) is 0 Å². The van der Waals surface area contributed by atoms with E-state index in [0.717, 1.165) is 12.2 Å². The fourth-order valence-corrected chi connectivity index (χ4v) is 2.76. The van der Waals surface area contributed by atoms with E-state index in [0.29, 0.717) is 0 Å². The number of methoxy groups -OCH3 is 4. The van der Waals surface area contributed by atoms with Crippen LogP contribution in [0.1, 0.15) is 12.8 Å². The summed E-state index contributed by atoms with van der Waals surface area (Å²) in [5, 5.41) is 0. The number of allylic oxidation sites excluding steroid dienone is 4. The van der Waals surface area contributed by atoms with Gasteiger partial charge in [-0.2, -0.15) is 0 Å². The van der Waals surface area contributed by atoms with Gasteiger partial charge >= 0.3 is 0 Å². The van der Waals surface area contributed by atoms with E-state index in [9.17, 15) is 19.2 Å². The Labute approximate surface area is 149 Å². The molecule has 0 aromatic heterocycles. The molecule has 8 heteroatoms. The molecule has 0 heterocycles. The van der Waals surface area contributed by atoms with Gasteiger partial charge in [-0.15, -0.1) is 0 Å². The largest absolute Gasteiger partial charge is 0.493 e. The van der Waals surface area contributed by atoms with Gasteiger partial charge in [0, 0.05) is 23.3 Å². The lowest BCUT2D eigenvalue weighted by molar-refractivity contribution is -0.120. The summed E-state index contributed by atoms with van der Waals surface area (Å²) in [7, 11) is 5.09. The van der Waals surface area contributed by atoms with Crippen LogP contribution in [0.2, 0.25) is 0 Å². The molecular weight excluding hydrogens is 344 g/mol. The first-order valence-corrected chi connectivity index (χ1v) is 7.63. The van der Waals surface area contributed by atoms with Gasteiger partial charge in [-0.05, 0) is 12.8 Å². The van der Waals surface area contributed by atoms with E-state index < -0.39 is 23.1 Å². The molecule has 0 atom stereocenters. The smallest absolute Gasteiger partial charge is 0.227 e. The minimum Gasteiger partial charge on any atom is -0.493 e. The third kappa shape index (κ3) is 3.30.